The van der Waals surface area contributed by atoms with Crippen molar-refractivity contribution in [1.29, 1.82) is 0 Å². The van der Waals surface area contributed by atoms with E-state index in [9.17, 15) is 9.90 Å². The zero-order valence-electron chi connectivity index (χ0n) is 20.9. The number of nitrogens with one attached hydrogen (secondary N) is 1. The van der Waals surface area contributed by atoms with Gasteiger partial charge in [0.1, 0.15) is 5.83 Å². The van der Waals surface area contributed by atoms with Crippen LogP contribution in [0, 0.1) is 12.3 Å². The maximum Gasteiger partial charge on any atom is 0.251 e. The molecule has 7 heteroatoms. The summed E-state index contributed by atoms with van der Waals surface area (Å²) in [6, 6.07) is 7.03. The van der Waals surface area contributed by atoms with Gasteiger partial charge in [0, 0.05) is 62.8 Å². The van der Waals surface area contributed by atoms with Crippen LogP contribution in [0.2, 0.25) is 0 Å². The van der Waals surface area contributed by atoms with Gasteiger partial charge in [-0.15, -0.1) is 0 Å². The largest absolute Gasteiger partial charge is 0.391 e. The maximum atomic E-state index is 15.2. The minimum atomic E-state index is -0.663. The first kappa shape index (κ1) is 26.0. The van der Waals surface area contributed by atoms with Gasteiger partial charge in [-0.3, -0.25) is 14.7 Å². The lowest BCUT2D eigenvalue weighted by Gasteiger charge is -2.32. The predicted molar refractivity (Wildman–Crippen MR) is 135 cm³/mol. The molecule has 1 aromatic carbocycles. The SMILES string of the molecule is Cc1ccc(C(=O)NCC(O)C(C)(C)C)cc1/C=C(\F)c1cncc(CN2CCN(C)CC2)c1. The smallest absolute Gasteiger partial charge is 0.251 e. The molecule has 0 aliphatic carbocycles. The number of aryl methyl sites for hydroxylation is 1. The maximum absolute atomic E-state index is 15.2. The Bertz CT molecular complexity index is 1020. The van der Waals surface area contributed by atoms with Crippen molar-refractivity contribution in [3.63, 3.8) is 0 Å². The van der Waals surface area contributed by atoms with Crippen LogP contribution in [0.25, 0.3) is 11.9 Å². The molecule has 0 spiro atoms. The van der Waals surface area contributed by atoms with Crippen molar-refractivity contribution in [3.8, 4) is 0 Å². The molecule has 2 heterocycles. The third kappa shape index (κ3) is 7.19. The summed E-state index contributed by atoms with van der Waals surface area (Å²) in [5.41, 5.74) is 2.99. The van der Waals surface area contributed by atoms with E-state index in [4.69, 9.17) is 0 Å². The Morgan fingerprint density at radius 1 is 1.18 bits per heavy atom. The molecule has 1 unspecified atom stereocenters. The highest BCUT2D eigenvalue weighted by Crippen LogP contribution is 2.23. The average Bonchev–Trinajstić information content (AvgIpc) is 2.79. The standard InChI is InChI=1S/C27H37FN4O2/c1-19-6-7-21(26(34)30-17-25(33)27(2,3)4)13-22(19)14-24(28)23-12-20(15-29-16-23)18-32-10-8-31(5)9-11-32/h6-7,12-16,25,33H,8-11,17-18H2,1-5H3,(H,30,34)/b24-14-. The molecule has 1 atom stereocenters. The molecule has 1 amide bonds. The number of piperazine rings is 1. The molecule has 1 aliphatic rings. The number of carbonyl (C=O) groups is 1. The fourth-order valence-electron chi connectivity index (χ4n) is 3.72. The molecule has 3 rings (SSSR count). The molecule has 2 N–H and O–H groups in total. The molecular formula is C27H37FN4O2. The van der Waals surface area contributed by atoms with E-state index in [1.165, 1.54) is 12.3 Å². The van der Waals surface area contributed by atoms with E-state index in [-0.39, 0.29) is 17.9 Å². The van der Waals surface area contributed by atoms with Gasteiger partial charge in [-0.05, 0) is 60.4 Å². The topological polar surface area (TPSA) is 68.7 Å². The summed E-state index contributed by atoms with van der Waals surface area (Å²) in [5.74, 6) is -0.689. The van der Waals surface area contributed by atoms with Crippen molar-refractivity contribution in [3.05, 3.63) is 64.5 Å². The number of halogens is 1. The number of hydrogen-bond acceptors (Lipinski definition) is 5. The molecule has 184 valence electrons. The van der Waals surface area contributed by atoms with E-state index in [1.807, 2.05) is 33.8 Å². The Morgan fingerprint density at radius 3 is 2.56 bits per heavy atom. The fraction of sp³-hybridized carbons (Fsp3) is 0.481. The van der Waals surface area contributed by atoms with Crippen LogP contribution in [-0.2, 0) is 6.54 Å². The summed E-state index contributed by atoms with van der Waals surface area (Å²) in [6.07, 6.45) is 4.10. The summed E-state index contributed by atoms with van der Waals surface area (Å²) < 4.78 is 15.2. The summed E-state index contributed by atoms with van der Waals surface area (Å²) in [6.45, 7) is 12.5. The third-order valence-corrected chi connectivity index (χ3v) is 6.35. The number of aromatic nitrogens is 1. The molecule has 1 aliphatic heterocycles. The first-order valence-corrected chi connectivity index (χ1v) is 11.8. The number of nitrogens with zero attached hydrogens (tertiary/aromatic N) is 3. The lowest BCUT2D eigenvalue weighted by molar-refractivity contribution is 0.0587. The molecule has 0 bridgehead atoms. The second-order valence-corrected chi connectivity index (χ2v) is 10.3. The van der Waals surface area contributed by atoms with Gasteiger partial charge in [0.2, 0.25) is 0 Å². The van der Waals surface area contributed by atoms with Crippen molar-refractivity contribution in [2.45, 2.75) is 40.3 Å². The fourth-order valence-corrected chi connectivity index (χ4v) is 3.72. The highest BCUT2D eigenvalue weighted by Gasteiger charge is 2.22. The highest BCUT2D eigenvalue weighted by molar-refractivity contribution is 5.95. The minimum Gasteiger partial charge on any atom is -0.391 e. The van der Waals surface area contributed by atoms with Gasteiger partial charge in [0.15, 0.2) is 0 Å². The molecule has 1 aromatic heterocycles. The van der Waals surface area contributed by atoms with Crippen LogP contribution in [0.5, 0.6) is 0 Å². The lowest BCUT2D eigenvalue weighted by Crippen LogP contribution is -2.43. The predicted octanol–water partition coefficient (Wildman–Crippen LogP) is 3.74. The number of pyridine rings is 1. The molecule has 2 aromatic rings. The van der Waals surface area contributed by atoms with Gasteiger partial charge in [0.05, 0.1) is 6.10 Å². The second kappa shape index (κ2) is 11.2. The number of aliphatic hydroxyl groups is 1. The van der Waals surface area contributed by atoms with Crippen LogP contribution in [0.3, 0.4) is 0 Å². The van der Waals surface area contributed by atoms with Crippen LogP contribution in [0.1, 0.15) is 53.4 Å². The van der Waals surface area contributed by atoms with Crippen molar-refractivity contribution < 1.29 is 14.3 Å². The molecule has 1 saturated heterocycles. The van der Waals surface area contributed by atoms with E-state index in [2.05, 4.69) is 27.1 Å². The van der Waals surface area contributed by atoms with Gasteiger partial charge in [-0.25, -0.2) is 4.39 Å². The van der Waals surface area contributed by atoms with Gasteiger partial charge in [-0.1, -0.05) is 26.8 Å². The third-order valence-electron chi connectivity index (χ3n) is 6.35. The Hall–Kier alpha value is -2.61. The van der Waals surface area contributed by atoms with Crippen molar-refractivity contribution in [1.82, 2.24) is 20.1 Å². The Kier molecular flexibility index (Phi) is 8.57. The normalized spacial score (nSPS) is 17.0. The summed E-state index contributed by atoms with van der Waals surface area (Å²) >= 11 is 0. The van der Waals surface area contributed by atoms with Crippen LogP contribution in [0.4, 0.5) is 4.39 Å². The monoisotopic (exact) mass is 468 g/mol. The van der Waals surface area contributed by atoms with Crippen LogP contribution in [0.15, 0.2) is 36.7 Å². The summed E-state index contributed by atoms with van der Waals surface area (Å²) in [5, 5.41) is 12.9. The first-order chi connectivity index (χ1) is 16.0. The zero-order valence-corrected chi connectivity index (χ0v) is 20.9. The zero-order chi connectivity index (χ0) is 24.9. The minimum absolute atomic E-state index is 0.154. The number of benzene rings is 1. The van der Waals surface area contributed by atoms with Crippen LogP contribution < -0.4 is 5.32 Å². The highest BCUT2D eigenvalue weighted by atomic mass is 19.1. The average molecular weight is 469 g/mol. The second-order valence-electron chi connectivity index (χ2n) is 10.3. The van der Waals surface area contributed by atoms with E-state index < -0.39 is 11.9 Å². The van der Waals surface area contributed by atoms with E-state index in [1.54, 1.807) is 24.4 Å². The Labute approximate surface area is 202 Å². The number of rotatable bonds is 7. The van der Waals surface area contributed by atoms with Crippen molar-refractivity contribution in [2.75, 3.05) is 39.8 Å². The summed E-state index contributed by atoms with van der Waals surface area (Å²) in [7, 11) is 2.12. The van der Waals surface area contributed by atoms with Gasteiger partial charge >= 0.3 is 0 Å². The van der Waals surface area contributed by atoms with Crippen LogP contribution in [-0.4, -0.2) is 71.7 Å². The Balaban J connectivity index is 1.72. The molecule has 6 nitrogen and oxygen atoms in total. The van der Waals surface area contributed by atoms with E-state index in [0.29, 0.717) is 16.7 Å². The number of carbonyl (C=O) groups excluding carboxylic acids is 1. The van der Waals surface area contributed by atoms with E-state index in [0.717, 1.165) is 43.9 Å². The molecule has 1 fully saturated rings. The van der Waals surface area contributed by atoms with Gasteiger partial charge in [-0.2, -0.15) is 0 Å². The molecule has 0 radical (unpaired) electrons. The van der Waals surface area contributed by atoms with Gasteiger partial charge < -0.3 is 15.3 Å². The van der Waals surface area contributed by atoms with Gasteiger partial charge in [0.25, 0.3) is 5.91 Å². The number of likely N-dealkylation sites (N-methyl/N-ethyl adjacent to an activating group) is 1. The van der Waals surface area contributed by atoms with Crippen LogP contribution >= 0.6 is 0 Å². The number of aliphatic hydroxyl groups excluding tert-OH is 1. The Morgan fingerprint density at radius 2 is 1.88 bits per heavy atom. The van der Waals surface area contributed by atoms with E-state index >= 15 is 4.39 Å². The van der Waals surface area contributed by atoms with Crippen molar-refractivity contribution in [2.24, 2.45) is 5.41 Å². The first-order valence-electron chi connectivity index (χ1n) is 11.8. The number of hydrogen-bond donors (Lipinski definition) is 2. The molecular weight excluding hydrogens is 431 g/mol. The summed E-state index contributed by atoms with van der Waals surface area (Å²) in [4.78, 5) is 21.5. The van der Waals surface area contributed by atoms with Crippen molar-refractivity contribution >= 4 is 17.8 Å². The number of amides is 1. The molecule has 0 saturated carbocycles. The molecule has 34 heavy (non-hydrogen) atoms. The lowest BCUT2D eigenvalue weighted by atomic mass is 9.89. The quantitative estimate of drug-likeness (QED) is 0.648.